The Bertz CT molecular complexity index is 467. The average molecular weight is 345 g/mol. The molecule has 1 aliphatic rings. The zero-order valence-corrected chi connectivity index (χ0v) is 13.6. The van der Waals surface area contributed by atoms with E-state index in [1.807, 2.05) is 0 Å². The van der Waals surface area contributed by atoms with Crippen molar-refractivity contribution in [2.75, 3.05) is 0 Å². The maximum atomic E-state index is 12.2. The lowest BCUT2D eigenvalue weighted by Crippen LogP contribution is -2.40. The highest BCUT2D eigenvalue weighted by molar-refractivity contribution is 9.10. The fraction of sp³-hybridized carbons (Fsp3) is 0.533. The highest BCUT2D eigenvalue weighted by atomic mass is 79.9. The summed E-state index contributed by atoms with van der Waals surface area (Å²) in [5.41, 5.74) is 0.938. The zero-order chi connectivity index (χ0) is 14.0. The molecule has 0 aliphatic heterocycles. The van der Waals surface area contributed by atoms with Crippen LogP contribution in [0.4, 0.5) is 0 Å². The molecule has 1 unspecified atom stereocenters. The lowest BCUT2D eigenvalue weighted by Gasteiger charge is -2.35. The summed E-state index contributed by atoms with van der Waals surface area (Å²) in [6.45, 7) is 4.53. The quantitative estimate of drug-likeness (QED) is 0.820. The Morgan fingerprint density at radius 2 is 2.16 bits per heavy atom. The number of carbonyl (C=O) groups is 1. The number of halogens is 2. The summed E-state index contributed by atoms with van der Waals surface area (Å²) in [5.74, 6) is -0.0362. The molecule has 1 aliphatic carbocycles. The van der Waals surface area contributed by atoms with E-state index in [0.717, 1.165) is 17.3 Å². The minimum Gasteiger partial charge on any atom is -0.349 e. The summed E-state index contributed by atoms with van der Waals surface area (Å²) in [7, 11) is 0. The monoisotopic (exact) mass is 343 g/mol. The first-order valence-electron chi connectivity index (χ1n) is 6.63. The Labute approximate surface area is 128 Å². The SMILES string of the molecule is CC1(C)CCCC(NC(=O)c2cc(Cl)cc(Br)c2)C1. The van der Waals surface area contributed by atoms with Gasteiger partial charge in [-0.2, -0.15) is 0 Å². The second kappa shape index (κ2) is 5.84. The molecular formula is C15H19BrClNO. The largest absolute Gasteiger partial charge is 0.349 e. The fourth-order valence-electron chi connectivity index (χ4n) is 2.78. The third kappa shape index (κ3) is 4.22. The van der Waals surface area contributed by atoms with E-state index >= 15 is 0 Å². The van der Waals surface area contributed by atoms with Crippen LogP contribution in [-0.4, -0.2) is 11.9 Å². The van der Waals surface area contributed by atoms with Crippen molar-refractivity contribution in [3.8, 4) is 0 Å². The lowest BCUT2D eigenvalue weighted by molar-refractivity contribution is 0.0902. The summed E-state index contributed by atoms with van der Waals surface area (Å²) in [4.78, 5) is 12.2. The van der Waals surface area contributed by atoms with Crippen molar-refractivity contribution in [1.29, 1.82) is 0 Å². The number of nitrogens with one attached hydrogen (secondary N) is 1. The third-order valence-electron chi connectivity index (χ3n) is 3.67. The van der Waals surface area contributed by atoms with Gasteiger partial charge in [0.05, 0.1) is 0 Å². The topological polar surface area (TPSA) is 29.1 Å². The van der Waals surface area contributed by atoms with Gasteiger partial charge in [0, 0.05) is 21.1 Å². The molecule has 1 aromatic carbocycles. The van der Waals surface area contributed by atoms with E-state index in [9.17, 15) is 4.79 Å². The van der Waals surface area contributed by atoms with Crippen LogP contribution in [-0.2, 0) is 0 Å². The number of benzene rings is 1. The minimum absolute atomic E-state index is 0.0362. The van der Waals surface area contributed by atoms with E-state index in [-0.39, 0.29) is 11.9 Å². The maximum Gasteiger partial charge on any atom is 0.251 e. The van der Waals surface area contributed by atoms with Crippen molar-refractivity contribution in [1.82, 2.24) is 5.32 Å². The Morgan fingerprint density at radius 1 is 1.42 bits per heavy atom. The second-order valence-corrected chi connectivity index (χ2v) is 7.44. The number of amides is 1. The number of hydrogen-bond donors (Lipinski definition) is 1. The van der Waals surface area contributed by atoms with Crippen LogP contribution >= 0.6 is 27.5 Å². The van der Waals surface area contributed by atoms with Gasteiger partial charge in [-0.1, -0.05) is 47.8 Å². The Kier molecular flexibility index (Phi) is 4.57. The first kappa shape index (κ1) is 14.9. The molecule has 0 spiro atoms. The van der Waals surface area contributed by atoms with E-state index in [1.165, 1.54) is 12.8 Å². The Balaban J connectivity index is 2.04. The summed E-state index contributed by atoms with van der Waals surface area (Å²) in [6, 6.07) is 5.56. The van der Waals surface area contributed by atoms with Crippen molar-refractivity contribution >= 4 is 33.4 Å². The normalized spacial score (nSPS) is 22.0. The molecule has 0 heterocycles. The molecule has 1 N–H and O–H groups in total. The highest BCUT2D eigenvalue weighted by Gasteiger charge is 2.28. The van der Waals surface area contributed by atoms with Crippen molar-refractivity contribution < 1.29 is 4.79 Å². The van der Waals surface area contributed by atoms with Crippen LogP contribution in [0, 0.1) is 5.41 Å². The highest BCUT2D eigenvalue weighted by Crippen LogP contribution is 2.35. The van der Waals surface area contributed by atoms with E-state index in [1.54, 1.807) is 18.2 Å². The second-order valence-electron chi connectivity index (χ2n) is 6.09. The molecule has 0 bridgehead atoms. The van der Waals surface area contributed by atoms with Gasteiger partial charge in [0.2, 0.25) is 0 Å². The van der Waals surface area contributed by atoms with Crippen molar-refractivity contribution in [2.24, 2.45) is 5.41 Å². The van der Waals surface area contributed by atoms with Gasteiger partial charge in [-0.25, -0.2) is 0 Å². The first-order chi connectivity index (χ1) is 8.85. The van der Waals surface area contributed by atoms with Gasteiger partial charge in [-0.15, -0.1) is 0 Å². The van der Waals surface area contributed by atoms with Crippen LogP contribution in [0.1, 0.15) is 49.9 Å². The van der Waals surface area contributed by atoms with Gasteiger partial charge in [-0.05, 0) is 42.9 Å². The first-order valence-corrected chi connectivity index (χ1v) is 7.80. The van der Waals surface area contributed by atoms with E-state index in [4.69, 9.17) is 11.6 Å². The molecule has 2 rings (SSSR count). The molecule has 0 radical (unpaired) electrons. The lowest BCUT2D eigenvalue weighted by atomic mass is 9.75. The number of hydrogen-bond acceptors (Lipinski definition) is 1. The number of carbonyl (C=O) groups excluding carboxylic acids is 1. The number of rotatable bonds is 2. The third-order valence-corrected chi connectivity index (χ3v) is 4.34. The van der Waals surface area contributed by atoms with Crippen molar-refractivity contribution in [3.05, 3.63) is 33.3 Å². The van der Waals surface area contributed by atoms with Crippen LogP contribution in [0.2, 0.25) is 5.02 Å². The summed E-state index contributed by atoms with van der Waals surface area (Å²) in [5, 5.41) is 3.70. The Hall–Kier alpha value is -0.540. The minimum atomic E-state index is -0.0362. The van der Waals surface area contributed by atoms with Crippen molar-refractivity contribution in [2.45, 2.75) is 45.6 Å². The molecule has 1 saturated carbocycles. The van der Waals surface area contributed by atoms with Gasteiger partial charge in [0.15, 0.2) is 0 Å². The molecule has 0 aromatic heterocycles. The van der Waals surface area contributed by atoms with Gasteiger partial charge >= 0.3 is 0 Å². The summed E-state index contributed by atoms with van der Waals surface area (Å²) >= 11 is 9.33. The molecule has 1 fully saturated rings. The maximum absolute atomic E-state index is 12.2. The smallest absolute Gasteiger partial charge is 0.251 e. The molecular weight excluding hydrogens is 326 g/mol. The van der Waals surface area contributed by atoms with Crippen LogP contribution in [0.15, 0.2) is 22.7 Å². The van der Waals surface area contributed by atoms with Crippen LogP contribution in [0.3, 0.4) is 0 Å². The average Bonchev–Trinajstić information content (AvgIpc) is 2.26. The van der Waals surface area contributed by atoms with E-state index < -0.39 is 0 Å². The Morgan fingerprint density at radius 3 is 2.79 bits per heavy atom. The van der Waals surface area contributed by atoms with Gasteiger partial charge in [0.25, 0.3) is 5.91 Å². The van der Waals surface area contributed by atoms with Gasteiger partial charge in [0.1, 0.15) is 0 Å². The fourth-order valence-corrected chi connectivity index (χ4v) is 3.64. The van der Waals surface area contributed by atoms with Crippen LogP contribution in [0.5, 0.6) is 0 Å². The molecule has 104 valence electrons. The van der Waals surface area contributed by atoms with Crippen molar-refractivity contribution in [3.63, 3.8) is 0 Å². The standard InChI is InChI=1S/C15H19BrClNO/c1-15(2)5-3-4-13(9-15)18-14(19)10-6-11(16)8-12(17)7-10/h6-8,13H,3-5,9H2,1-2H3,(H,18,19). The van der Waals surface area contributed by atoms with Gasteiger partial charge in [-0.3, -0.25) is 4.79 Å². The molecule has 2 nitrogen and oxygen atoms in total. The van der Waals surface area contributed by atoms with Gasteiger partial charge < -0.3 is 5.32 Å². The molecule has 19 heavy (non-hydrogen) atoms. The van der Waals surface area contributed by atoms with Crippen LogP contribution in [0.25, 0.3) is 0 Å². The van der Waals surface area contributed by atoms with E-state index in [0.29, 0.717) is 16.0 Å². The zero-order valence-electron chi connectivity index (χ0n) is 11.3. The molecule has 1 amide bonds. The van der Waals surface area contributed by atoms with Crippen LogP contribution < -0.4 is 5.32 Å². The predicted octanol–water partition coefficient (Wildman–Crippen LogP) is 4.80. The molecule has 1 atom stereocenters. The molecule has 4 heteroatoms. The molecule has 0 saturated heterocycles. The van der Waals surface area contributed by atoms with E-state index in [2.05, 4.69) is 35.1 Å². The summed E-state index contributed by atoms with van der Waals surface area (Å²) < 4.78 is 0.828. The molecule has 1 aromatic rings. The summed E-state index contributed by atoms with van der Waals surface area (Å²) in [6.07, 6.45) is 4.52. The predicted molar refractivity (Wildman–Crippen MR) is 82.7 cm³/mol.